The molecule has 4 nitrogen and oxygen atoms in total. The summed E-state index contributed by atoms with van der Waals surface area (Å²) in [4.78, 5) is 11.9. The van der Waals surface area contributed by atoms with E-state index in [-0.39, 0.29) is 23.3 Å². The Balaban J connectivity index is 1.81. The summed E-state index contributed by atoms with van der Waals surface area (Å²) in [6.07, 6.45) is 1.63. The minimum Gasteiger partial charge on any atom is -0.484 e. The van der Waals surface area contributed by atoms with E-state index >= 15 is 0 Å². The highest BCUT2D eigenvalue weighted by molar-refractivity contribution is 5.83. The lowest BCUT2D eigenvalue weighted by molar-refractivity contribution is -0.123. The van der Waals surface area contributed by atoms with E-state index in [4.69, 9.17) is 4.74 Å². The number of hydrazone groups is 1. The lowest BCUT2D eigenvalue weighted by Crippen LogP contribution is -2.24. The van der Waals surface area contributed by atoms with Crippen LogP contribution in [0, 0.1) is 0 Å². The first-order chi connectivity index (χ1) is 12.6. The van der Waals surface area contributed by atoms with Gasteiger partial charge in [-0.2, -0.15) is 5.10 Å². The van der Waals surface area contributed by atoms with Gasteiger partial charge in [0.25, 0.3) is 5.91 Å². The van der Waals surface area contributed by atoms with E-state index < -0.39 is 0 Å². The van der Waals surface area contributed by atoms with E-state index in [1.807, 2.05) is 36.4 Å². The van der Waals surface area contributed by atoms with Gasteiger partial charge in [-0.05, 0) is 39.7 Å². The second-order valence-corrected chi connectivity index (χ2v) is 8.73. The van der Waals surface area contributed by atoms with Gasteiger partial charge < -0.3 is 4.74 Å². The van der Waals surface area contributed by atoms with Crippen molar-refractivity contribution >= 4 is 12.1 Å². The highest BCUT2D eigenvalue weighted by atomic mass is 16.5. The number of nitrogens with zero attached hydrogens (tertiary/aromatic N) is 1. The van der Waals surface area contributed by atoms with E-state index in [0.717, 1.165) is 5.56 Å². The summed E-state index contributed by atoms with van der Waals surface area (Å²) in [6, 6.07) is 15.9. The van der Waals surface area contributed by atoms with E-state index in [1.54, 1.807) is 6.21 Å². The second kappa shape index (κ2) is 8.38. The van der Waals surface area contributed by atoms with Crippen LogP contribution >= 0.6 is 0 Å². The van der Waals surface area contributed by atoms with Crippen LogP contribution in [0.2, 0.25) is 0 Å². The largest absolute Gasteiger partial charge is 0.484 e. The van der Waals surface area contributed by atoms with Gasteiger partial charge in [0.15, 0.2) is 6.61 Å². The molecule has 1 N–H and O–H groups in total. The van der Waals surface area contributed by atoms with Crippen molar-refractivity contribution in [3.63, 3.8) is 0 Å². The molecule has 0 saturated heterocycles. The number of benzene rings is 2. The van der Waals surface area contributed by atoms with Crippen LogP contribution in [0.15, 0.2) is 53.6 Å². The van der Waals surface area contributed by atoms with Crippen molar-refractivity contribution in [2.24, 2.45) is 5.10 Å². The Morgan fingerprint density at radius 3 is 1.85 bits per heavy atom. The third-order valence-electron chi connectivity index (χ3n) is 4.27. The fourth-order valence-electron chi connectivity index (χ4n) is 2.48. The van der Waals surface area contributed by atoms with Crippen LogP contribution in [0.3, 0.4) is 0 Å². The van der Waals surface area contributed by atoms with Crippen molar-refractivity contribution in [3.8, 4) is 5.75 Å². The molecule has 0 radical (unpaired) electrons. The average molecular weight is 367 g/mol. The smallest absolute Gasteiger partial charge is 0.277 e. The number of carbonyl (C=O) groups excluding carboxylic acids is 1. The van der Waals surface area contributed by atoms with Gasteiger partial charge in [-0.25, -0.2) is 5.43 Å². The van der Waals surface area contributed by atoms with Crippen LogP contribution in [-0.2, 0) is 15.6 Å². The minimum absolute atomic E-state index is 0.0742. The molecule has 144 valence electrons. The first kappa shape index (κ1) is 20.7. The Kier molecular flexibility index (Phi) is 6.42. The van der Waals surface area contributed by atoms with Gasteiger partial charge in [0, 0.05) is 0 Å². The number of nitrogens with one attached hydrogen (secondary N) is 1. The maximum Gasteiger partial charge on any atom is 0.277 e. The molecular weight excluding hydrogens is 336 g/mol. The Bertz CT molecular complexity index is 777. The van der Waals surface area contributed by atoms with Gasteiger partial charge in [-0.1, -0.05) is 77.9 Å². The van der Waals surface area contributed by atoms with Crippen LogP contribution < -0.4 is 10.2 Å². The lowest BCUT2D eigenvalue weighted by Gasteiger charge is -2.19. The molecule has 0 saturated carbocycles. The zero-order valence-corrected chi connectivity index (χ0v) is 17.2. The molecule has 0 aromatic heterocycles. The minimum atomic E-state index is -0.294. The molecule has 0 aliphatic rings. The maximum atomic E-state index is 11.9. The van der Waals surface area contributed by atoms with Crippen LogP contribution in [0.1, 0.15) is 58.2 Å². The summed E-state index contributed by atoms with van der Waals surface area (Å²) >= 11 is 0. The molecule has 2 rings (SSSR count). The van der Waals surface area contributed by atoms with Gasteiger partial charge in [0.2, 0.25) is 0 Å². The predicted octanol–water partition coefficient (Wildman–Crippen LogP) is 4.81. The standard InChI is InChI=1S/C23H30N2O2/c1-22(2,3)18-9-7-17(8-10-18)15-24-25-21(26)16-27-20-13-11-19(12-14-20)23(4,5)6/h7-15H,16H2,1-6H3,(H,25,26)/b24-15-. The zero-order valence-electron chi connectivity index (χ0n) is 17.2. The summed E-state index contributed by atoms with van der Waals surface area (Å²) in [5, 5.41) is 3.99. The molecule has 4 heteroatoms. The molecule has 0 atom stereocenters. The molecule has 0 unspecified atom stereocenters. The van der Waals surface area contributed by atoms with E-state index in [9.17, 15) is 4.79 Å². The van der Waals surface area contributed by atoms with Crippen molar-refractivity contribution in [1.29, 1.82) is 0 Å². The van der Waals surface area contributed by atoms with Crippen molar-refractivity contribution in [3.05, 3.63) is 65.2 Å². The zero-order chi connectivity index (χ0) is 20.1. The normalized spacial score (nSPS) is 12.2. The molecule has 0 aliphatic heterocycles. The molecule has 2 aromatic carbocycles. The first-order valence-corrected chi connectivity index (χ1v) is 9.21. The molecule has 0 aliphatic carbocycles. The predicted molar refractivity (Wildman–Crippen MR) is 112 cm³/mol. The summed E-state index contributed by atoms with van der Waals surface area (Å²) in [7, 11) is 0. The number of amides is 1. The second-order valence-electron chi connectivity index (χ2n) is 8.73. The fraction of sp³-hybridized carbons (Fsp3) is 0.391. The van der Waals surface area contributed by atoms with Crippen LogP contribution in [0.4, 0.5) is 0 Å². The third-order valence-corrected chi connectivity index (χ3v) is 4.27. The molecule has 0 bridgehead atoms. The quantitative estimate of drug-likeness (QED) is 0.610. The molecule has 27 heavy (non-hydrogen) atoms. The van der Waals surface area contributed by atoms with E-state index in [2.05, 4.69) is 64.2 Å². The highest BCUT2D eigenvalue weighted by Crippen LogP contribution is 2.24. The monoisotopic (exact) mass is 366 g/mol. The lowest BCUT2D eigenvalue weighted by atomic mass is 9.87. The topological polar surface area (TPSA) is 50.7 Å². The van der Waals surface area contributed by atoms with Gasteiger partial charge >= 0.3 is 0 Å². The van der Waals surface area contributed by atoms with Gasteiger partial charge in [0.1, 0.15) is 5.75 Å². The van der Waals surface area contributed by atoms with Crippen LogP contribution in [-0.4, -0.2) is 18.7 Å². The molecule has 2 aromatic rings. The van der Waals surface area contributed by atoms with Gasteiger partial charge in [-0.15, -0.1) is 0 Å². The van der Waals surface area contributed by atoms with Crippen molar-refractivity contribution in [1.82, 2.24) is 5.43 Å². The maximum absolute atomic E-state index is 11.9. The Morgan fingerprint density at radius 1 is 0.889 bits per heavy atom. The van der Waals surface area contributed by atoms with E-state index in [1.165, 1.54) is 11.1 Å². The summed E-state index contributed by atoms with van der Waals surface area (Å²) < 4.78 is 5.51. The van der Waals surface area contributed by atoms with Crippen molar-refractivity contribution in [2.45, 2.75) is 52.4 Å². The Morgan fingerprint density at radius 2 is 1.37 bits per heavy atom. The van der Waals surface area contributed by atoms with Crippen LogP contribution in [0.25, 0.3) is 0 Å². The highest BCUT2D eigenvalue weighted by Gasteiger charge is 2.13. The summed E-state index contributed by atoms with van der Waals surface area (Å²) in [6.45, 7) is 12.9. The van der Waals surface area contributed by atoms with Gasteiger partial charge in [-0.3, -0.25) is 4.79 Å². The molecule has 1 amide bonds. The Labute approximate surface area is 162 Å². The number of carbonyl (C=O) groups is 1. The number of hydrogen-bond acceptors (Lipinski definition) is 3. The third kappa shape index (κ3) is 6.55. The number of rotatable bonds is 5. The summed E-state index contributed by atoms with van der Waals surface area (Å²) in [5.41, 5.74) is 6.11. The van der Waals surface area contributed by atoms with E-state index in [0.29, 0.717) is 5.75 Å². The number of hydrogen-bond donors (Lipinski definition) is 1. The molecule has 0 fully saturated rings. The average Bonchev–Trinajstić information content (AvgIpc) is 2.59. The van der Waals surface area contributed by atoms with Crippen LogP contribution in [0.5, 0.6) is 5.75 Å². The first-order valence-electron chi connectivity index (χ1n) is 9.21. The Hall–Kier alpha value is -2.62. The van der Waals surface area contributed by atoms with Gasteiger partial charge in [0.05, 0.1) is 6.21 Å². The number of ether oxygens (including phenoxy) is 1. The molecular formula is C23H30N2O2. The molecule has 0 heterocycles. The molecule has 0 spiro atoms. The van der Waals surface area contributed by atoms with Crippen molar-refractivity contribution in [2.75, 3.05) is 6.61 Å². The summed E-state index contributed by atoms with van der Waals surface area (Å²) in [5.74, 6) is 0.373. The fourth-order valence-corrected chi connectivity index (χ4v) is 2.48. The van der Waals surface area contributed by atoms with Crippen molar-refractivity contribution < 1.29 is 9.53 Å². The SMILES string of the molecule is CC(C)(C)c1ccc(/C=N\NC(=O)COc2ccc(C(C)(C)C)cc2)cc1.